The molecule has 0 bridgehead atoms. The molecular formula is C11H16N2O3. The molecule has 0 aliphatic heterocycles. The molecule has 0 radical (unpaired) electrons. The summed E-state index contributed by atoms with van der Waals surface area (Å²) in [5.74, 6) is 0. The molecule has 2 atom stereocenters. The second kappa shape index (κ2) is 4.65. The minimum atomic E-state index is -0.494. The Labute approximate surface area is 92.7 Å². The number of hydrogen-bond acceptors (Lipinski definition) is 3. The van der Waals surface area contributed by atoms with Gasteiger partial charge < -0.3 is 5.11 Å². The summed E-state index contributed by atoms with van der Waals surface area (Å²) < 4.78 is 1.44. The van der Waals surface area contributed by atoms with E-state index in [0.717, 1.165) is 32.1 Å². The highest BCUT2D eigenvalue weighted by molar-refractivity contribution is 4.89. The number of aliphatic hydroxyl groups excluding tert-OH is 1. The highest BCUT2D eigenvalue weighted by Crippen LogP contribution is 2.25. The third-order valence-electron chi connectivity index (χ3n) is 3.15. The Morgan fingerprint density at radius 2 is 2.00 bits per heavy atom. The molecule has 0 spiro atoms. The number of rotatable bonds is 1. The average Bonchev–Trinajstić information content (AvgIpc) is 2.44. The van der Waals surface area contributed by atoms with Crippen LogP contribution in [0.25, 0.3) is 0 Å². The predicted molar refractivity (Wildman–Crippen MR) is 59.5 cm³/mol. The van der Waals surface area contributed by atoms with Gasteiger partial charge in [-0.05, 0) is 12.8 Å². The van der Waals surface area contributed by atoms with Crippen molar-refractivity contribution in [1.82, 2.24) is 9.55 Å². The fourth-order valence-electron chi connectivity index (χ4n) is 2.28. The van der Waals surface area contributed by atoms with Crippen molar-refractivity contribution in [2.24, 2.45) is 0 Å². The highest BCUT2D eigenvalue weighted by atomic mass is 16.3. The number of nitrogens with zero attached hydrogens (tertiary/aromatic N) is 1. The molecule has 16 heavy (non-hydrogen) atoms. The van der Waals surface area contributed by atoms with Crippen molar-refractivity contribution < 1.29 is 5.11 Å². The van der Waals surface area contributed by atoms with Crippen LogP contribution in [0.4, 0.5) is 0 Å². The first kappa shape index (κ1) is 11.1. The molecule has 0 amide bonds. The molecule has 2 N–H and O–H groups in total. The van der Waals surface area contributed by atoms with Crippen molar-refractivity contribution in [1.29, 1.82) is 0 Å². The van der Waals surface area contributed by atoms with Gasteiger partial charge >= 0.3 is 5.69 Å². The van der Waals surface area contributed by atoms with Gasteiger partial charge in [-0.1, -0.05) is 19.3 Å². The van der Waals surface area contributed by atoms with Gasteiger partial charge in [0, 0.05) is 12.3 Å². The fourth-order valence-corrected chi connectivity index (χ4v) is 2.28. The maximum absolute atomic E-state index is 11.6. The minimum Gasteiger partial charge on any atom is -0.391 e. The lowest BCUT2D eigenvalue weighted by atomic mass is 10.1. The Balaban J connectivity index is 2.34. The molecule has 1 heterocycles. The number of nitrogens with one attached hydrogen (secondary N) is 1. The summed E-state index contributed by atoms with van der Waals surface area (Å²) in [6, 6.07) is 1.12. The number of aromatic amines is 1. The molecule has 1 fully saturated rings. The van der Waals surface area contributed by atoms with Crippen LogP contribution in [0.15, 0.2) is 21.9 Å². The zero-order valence-electron chi connectivity index (χ0n) is 9.06. The summed E-state index contributed by atoms with van der Waals surface area (Å²) in [6.07, 6.45) is 5.57. The lowest BCUT2D eigenvalue weighted by molar-refractivity contribution is 0.103. The van der Waals surface area contributed by atoms with E-state index in [9.17, 15) is 14.7 Å². The smallest absolute Gasteiger partial charge is 0.328 e. The first-order chi connectivity index (χ1) is 7.68. The SMILES string of the molecule is O=c1ccn([C@H]2CCCCC[C@H]2O)c(=O)[nH]1. The van der Waals surface area contributed by atoms with Crippen LogP contribution >= 0.6 is 0 Å². The maximum atomic E-state index is 11.6. The highest BCUT2D eigenvalue weighted by Gasteiger charge is 2.23. The summed E-state index contributed by atoms with van der Waals surface area (Å²) in [6.45, 7) is 0. The van der Waals surface area contributed by atoms with Crippen LogP contribution in [0.3, 0.4) is 0 Å². The Morgan fingerprint density at radius 1 is 1.25 bits per heavy atom. The van der Waals surface area contributed by atoms with E-state index in [1.54, 1.807) is 0 Å². The molecule has 88 valence electrons. The number of H-pyrrole nitrogens is 1. The lowest BCUT2D eigenvalue weighted by Gasteiger charge is -2.22. The monoisotopic (exact) mass is 224 g/mol. The second-order valence-corrected chi connectivity index (χ2v) is 4.29. The molecule has 0 aromatic carbocycles. The van der Waals surface area contributed by atoms with Crippen molar-refractivity contribution in [2.75, 3.05) is 0 Å². The standard InChI is InChI=1S/C11H16N2O3/c14-9-5-3-1-2-4-8(9)13-7-6-10(15)12-11(13)16/h6-9,14H,1-5H2,(H,12,15,16)/t8-,9+/m0/s1. The summed E-state index contributed by atoms with van der Waals surface area (Å²) in [7, 11) is 0. The van der Waals surface area contributed by atoms with E-state index < -0.39 is 17.4 Å². The first-order valence-electron chi connectivity index (χ1n) is 5.68. The summed E-state index contributed by atoms with van der Waals surface area (Å²) in [5.41, 5.74) is -0.831. The minimum absolute atomic E-state index is 0.202. The molecule has 5 heteroatoms. The largest absolute Gasteiger partial charge is 0.391 e. The third-order valence-corrected chi connectivity index (χ3v) is 3.15. The van der Waals surface area contributed by atoms with Gasteiger partial charge in [-0.2, -0.15) is 0 Å². The average molecular weight is 224 g/mol. The third kappa shape index (κ3) is 2.24. The van der Waals surface area contributed by atoms with Crippen molar-refractivity contribution in [3.05, 3.63) is 33.1 Å². The number of hydrogen-bond donors (Lipinski definition) is 2. The van der Waals surface area contributed by atoms with Gasteiger partial charge in [0.25, 0.3) is 5.56 Å². The van der Waals surface area contributed by atoms with Gasteiger partial charge in [-0.25, -0.2) is 4.79 Å². The summed E-state index contributed by atoms with van der Waals surface area (Å²) in [4.78, 5) is 24.8. The van der Waals surface area contributed by atoms with Crippen LogP contribution in [0.2, 0.25) is 0 Å². The molecule has 0 saturated heterocycles. The Morgan fingerprint density at radius 3 is 2.75 bits per heavy atom. The molecule has 1 aromatic heterocycles. The van der Waals surface area contributed by atoms with Crippen molar-refractivity contribution in [3.63, 3.8) is 0 Å². The van der Waals surface area contributed by atoms with Crippen LogP contribution in [0.5, 0.6) is 0 Å². The second-order valence-electron chi connectivity index (χ2n) is 4.29. The molecule has 1 aliphatic rings. The van der Waals surface area contributed by atoms with E-state index in [2.05, 4.69) is 4.98 Å². The van der Waals surface area contributed by atoms with E-state index >= 15 is 0 Å². The van der Waals surface area contributed by atoms with Gasteiger partial charge in [-0.3, -0.25) is 14.3 Å². The first-order valence-corrected chi connectivity index (χ1v) is 5.68. The molecule has 1 aromatic rings. The molecule has 0 unspecified atom stereocenters. The van der Waals surface area contributed by atoms with Gasteiger partial charge in [0.2, 0.25) is 0 Å². The van der Waals surface area contributed by atoms with Crippen LogP contribution < -0.4 is 11.2 Å². The van der Waals surface area contributed by atoms with Crippen molar-refractivity contribution >= 4 is 0 Å². The van der Waals surface area contributed by atoms with Crippen LogP contribution in [-0.4, -0.2) is 20.8 Å². The number of aromatic nitrogens is 2. The van der Waals surface area contributed by atoms with E-state index in [-0.39, 0.29) is 6.04 Å². The van der Waals surface area contributed by atoms with Gasteiger partial charge in [0.1, 0.15) is 0 Å². The van der Waals surface area contributed by atoms with Crippen molar-refractivity contribution in [3.8, 4) is 0 Å². The van der Waals surface area contributed by atoms with Gasteiger partial charge in [0.05, 0.1) is 12.1 Å². The molecule has 5 nitrogen and oxygen atoms in total. The topological polar surface area (TPSA) is 75.1 Å². The number of aliphatic hydroxyl groups is 1. The summed E-state index contributed by atoms with van der Waals surface area (Å²) in [5, 5.41) is 9.94. The van der Waals surface area contributed by atoms with Crippen molar-refractivity contribution in [2.45, 2.75) is 44.2 Å². The lowest BCUT2D eigenvalue weighted by Crippen LogP contribution is -2.35. The quantitative estimate of drug-likeness (QED) is 0.678. The fraction of sp³-hybridized carbons (Fsp3) is 0.636. The normalized spacial score (nSPS) is 26.3. The molecule has 1 saturated carbocycles. The van der Waals surface area contributed by atoms with E-state index in [1.807, 2.05) is 0 Å². The molecule has 2 rings (SSSR count). The van der Waals surface area contributed by atoms with E-state index in [0.29, 0.717) is 0 Å². The molecule has 1 aliphatic carbocycles. The van der Waals surface area contributed by atoms with Crippen LogP contribution in [0, 0.1) is 0 Å². The maximum Gasteiger partial charge on any atom is 0.328 e. The zero-order chi connectivity index (χ0) is 11.5. The Hall–Kier alpha value is -1.36. The summed E-state index contributed by atoms with van der Waals surface area (Å²) >= 11 is 0. The van der Waals surface area contributed by atoms with Crippen LogP contribution in [-0.2, 0) is 0 Å². The Bertz CT molecular complexity index is 463. The predicted octanol–water partition coefficient (Wildman–Crippen LogP) is 0.403. The zero-order valence-corrected chi connectivity index (χ0v) is 9.06. The van der Waals surface area contributed by atoms with Gasteiger partial charge in [-0.15, -0.1) is 0 Å². The molecular weight excluding hydrogens is 208 g/mol. The Kier molecular flexibility index (Phi) is 3.24. The van der Waals surface area contributed by atoms with E-state index in [4.69, 9.17) is 0 Å². The van der Waals surface area contributed by atoms with Gasteiger partial charge in [0.15, 0.2) is 0 Å². The van der Waals surface area contributed by atoms with Crippen LogP contribution in [0.1, 0.15) is 38.1 Å². The van der Waals surface area contributed by atoms with E-state index in [1.165, 1.54) is 16.8 Å².